The van der Waals surface area contributed by atoms with Crippen molar-refractivity contribution in [3.63, 3.8) is 0 Å². The molecule has 0 amide bonds. The Bertz CT molecular complexity index is 376. The molecular weight excluding hydrogens is 244 g/mol. The minimum absolute atomic E-state index is 0.0219. The minimum atomic E-state index is 0.0219. The molecule has 19 heavy (non-hydrogen) atoms. The maximum absolute atomic E-state index is 6.11. The van der Waals surface area contributed by atoms with Gasteiger partial charge in [0.1, 0.15) is 0 Å². The van der Waals surface area contributed by atoms with Crippen molar-refractivity contribution in [2.75, 3.05) is 13.2 Å². The average molecular weight is 266 g/mol. The first-order chi connectivity index (χ1) is 9.31. The topological polar surface area (TPSA) is 43.5 Å². The number of hydrogen-bond acceptors (Lipinski definition) is 4. The molecule has 5 fully saturated rings. The van der Waals surface area contributed by atoms with Crippen molar-refractivity contribution in [2.24, 2.45) is 11.3 Å². The second-order valence-corrected chi connectivity index (χ2v) is 7.23. The van der Waals surface area contributed by atoms with Crippen LogP contribution in [0.3, 0.4) is 0 Å². The van der Waals surface area contributed by atoms with Crippen molar-refractivity contribution in [3.05, 3.63) is 0 Å². The summed E-state index contributed by atoms with van der Waals surface area (Å²) in [6.45, 7) is 1.74. The number of epoxide rings is 2. The van der Waals surface area contributed by atoms with Gasteiger partial charge in [-0.3, -0.25) is 0 Å². The van der Waals surface area contributed by atoms with E-state index in [1.165, 1.54) is 25.7 Å². The monoisotopic (exact) mass is 266 g/mol. The van der Waals surface area contributed by atoms with Gasteiger partial charge in [0.15, 0.2) is 6.29 Å². The van der Waals surface area contributed by atoms with Crippen LogP contribution in [0.15, 0.2) is 0 Å². The zero-order valence-corrected chi connectivity index (χ0v) is 11.3. The lowest BCUT2D eigenvalue weighted by Crippen LogP contribution is -2.47. The van der Waals surface area contributed by atoms with E-state index in [0.717, 1.165) is 26.1 Å². The van der Waals surface area contributed by atoms with Gasteiger partial charge in [-0.1, -0.05) is 0 Å². The summed E-state index contributed by atoms with van der Waals surface area (Å²) >= 11 is 0. The van der Waals surface area contributed by atoms with Gasteiger partial charge in [0, 0.05) is 11.3 Å². The molecule has 0 aromatic rings. The summed E-state index contributed by atoms with van der Waals surface area (Å²) in [5.41, 5.74) is 0.251. The van der Waals surface area contributed by atoms with E-state index in [4.69, 9.17) is 18.9 Å². The standard InChI is InChI=1S/C15H22O4/c1-2-10-12(18-10)5-9(1)14-16-7-15(8-17-14)4-3-11-13(6-15)19-11/h9-14H,1-8H2/t9-,10+,11+,12-,13-,14?,15?/m0/s1. The van der Waals surface area contributed by atoms with Crippen LogP contribution in [0.25, 0.3) is 0 Å². The Labute approximate surface area is 113 Å². The van der Waals surface area contributed by atoms with E-state index >= 15 is 0 Å². The molecule has 3 saturated heterocycles. The van der Waals surface area contributed by atoms with Crippen molar-refractivity contribution in [1.82, 2.24) is 0 Å². The van der Waals surface area contributed by atoms with Gasteiger partial charge in [-0.15, -0.1) is 0 Å². The zero-order valence-electron chi connectivity index (χ0n) is 11.3. The summed E-state index contributed by atoms with van der Waals surface area (Å²) in [6, 6.07) is 0. The maximum Gasteiger partial charge on any atom is 0.160 e. The van der Waals surface area contributed by atoms with Crippen LogP contribution in [0.5, 0.6) is 0 Å². The van der Waals surface area contributed by atoms with Gasteiger partial charge in [-0.2, -0.15) is 0 Å². The van der Waals surface area contributed by atoms with Crippen LogP contribution in [-0.4, -0.2) is 43.9 Å². The van der Waals surface area contributed by atoms with Crippen LogP contribution in [0.1, 0.15) is 38.5 Å². The van der Waals surface area contributed by atoms with E-state index < -0.39 is 0 Å². The first-order valence-corrected chi connectivity index (χ1v) is 7.86. The Hall–Kier alpha value is -0.160. The van der Waals surface area contributed by atoms with E-state index in [1.54, 1.807) is 0 Å². The zero-order chi connectivity index (χ0) is 12.4. The van der Waals surface area contributed by atoms with Crippen LogP contribution in [0.4, 0.5) is 0 Å². The molecular formula is C15H22O4. The van der Waals surface area contributed by atoms with Crippen LogP contribution in [-0.2, 0) is 18.9 Å². The SMILES string of the molecule is C1C[C@H]2O[C@H]2C[C@H]1C1OCC2(CC[C@H]3O[C@H]3C2)CO1. The molecule has 2 saturated carbocycles. The first-order valence-electron chi connectivity index (χ1n) is 7.86. The largest absolute Gasteiger partial charge is 0.370 e. The van der Waals surface area contributed by atoms with Gasteiger partial charge in [-0.05, 0) is 38.5 Å². The van der Waals surface area contributed by atoms with Gasteiger partial charge in [0.05, 0.1) is 37.6 Å². The van der Waals surface area contributed by atoms with Crippen molar-refractivity contribution in [3.8, 4) is 0 Å². The fourth-order valence-electron chi connectivity index (χ4n) is 4.41. The molecule has 0 radical (unpaired) electrons. The molecule has 0 aromatic carbocycles. The maximum atomic E-state index is 6.11. The highest BCUT2D eigenvalue weighted by Crippen LogP contribution is 2.49. The normalized spacial score (nSPS) is 59.4. The van der Waals surface area contributed by atoms with Crippen molar-refractivity contribution >= 4 is 0 Å². The summed E-state index contributed by atoms with van der Waals surface area (Å²) in [4.78, 5) is 0. The summed E-state index contributed by atoms with van der Waals surface area (Å²) in [7, 11) is 0. The lowest BCUT2D eigenvalue weighted by Gasteiger charge is -2.43. The fourth-order valence-corrected chi connectivity index (χ4v) is 4.41. The molecule has 106 valence electrons. The molecule has 4 nitrogen and oxygen atoms in total. The first kappa shape index (κ1) is 11.5. The van der Waals surface area contributed by atoms with E-state index in [-0.39, 0.29) is 11.7 Å². The number of fused-ring (bicyclic) bond motifs is 2. The summed E-state index contributed by atoms with van der Waals surface area (Å²) in [5.74, 6) is 0.551. The summed E-state index contributed by atoms with van der Waals surface area (Å²) in [6.07, 6.45) is 9.24. The quantitative estimate of drug-likeness (QED) is 0.680. The Morgan fingerprint density at radius 2 is 1.58 bits per heavy atom. The fraction of sp³-hybridized carbons (Fsp3) is 1.00. The number of hydrogen-bond donors (Lipinski definition) is 0. The van der Waals surface area contributed by atoms with E-state index in [1.807, 2.05) is 0 Å². The molecule has 5 atom stereocenters. The third kappa shape index (κ3) is 1.96. The molecule has 1 spiro atoms. The Morgan fingerprint density at radius 1 is 0.789 bits per heavy atom. The molecule has 0 aromatic heterocycles. The Balaban J connectivity index is 1.21. The molecule has 0 bridgehead atoms. The highest BCUT2D eigenvalue weighted by Gasteiger charge is 2.53. The van der Waals surface area contributed by atoms with Gasteiger partial charge >= 0.3 is 0 Å². The highest BCUT2D eigenvalue weighted by molar-refractivity contribution is 5.00. The summed E-state index contributed by atoms with van der Waals surface area (Å²) in [5, 5.41) is 0. The van der Waals surface area contributed by atoms with Gasteiger partial charge in [-0.25, -0.2) is 0 Å². The van der Waals surface area contributed by atoms with E-state index in [2.05, 4.69) is 0 Å². The van der Waals surface area contributed by atoms with Gasteiger partial charge in [0.2, 0.25) is 0 Å². The molecule has 0 unspecified atom stereocenters. The summed E-state index contributed by atoms with van der Waals surface area (Å²) < 4.78 is 23.5. The smallest absolute Gasteiger partial charge is 0.160 e. The lowest BCUT2D eigenvalue weighted by atomic mass is 9.74. The Morgan fingerprint density at radius 3 is 2.37 bits per heavy atom. The molecule has 4 heteroatoms. The van der Waals surface area contributed by atoms with Crippen LogP contribution in [0, 0.1) is 11.3 Å². The van der Waals surface area contributed by atoms with Crippen LogP contribution >= 0.6 is 0 Å². The molecule has 5 aliphatic rings. The average Bonchev–Trinajstić information content (AvgIpc) is 3.33. The third-order valence-electron chi connectivity index (χ3n) is 5.82. The molecule has 0 N–H and O–H groups in total. The van der Waals surface area contributed by atoms with Crippen molar-refractivity contribution < 1.29 is 18.9 Å². The molecule has 5 rings (SSSR count). The van der Waals surface area contributed by atoms with E-state index in [9.17, 15) is 0 Å². The number of ether oxygens (including phenoxy) is 4. The van der Waals surface area contributed by atoms with Gasteiger partial charge in [0.25, 0.3) is 0 Å². The van der Waals surface area contributed by atoms with Crippen molar-refractivity contribution in [1.29, 1.82) is 0 Å². The van der Waals surface area contributed by atoms with E-state index in [0.29, 0.717) is 30.3 Å². The molecule has 3 aliphatic heterocycles. The minimum Gasteiger partial charge on any atom is -0.370 e. The Kier molecular flexibility index (Phi) is 2.38. The van der Waals surface area contributed by atoms with Crippen molar-refractivity contribution in [2.45, 2.75) is 69.2 Å². The second kappa shape index (κ2) is 3.94. The molecule has 2 aliphatic carbocycles. The molecule has 3 heterocycles. The van der Waals surface area contributed by atoms with Crippen LogP contribution in [0.2, 0.25) is 0 Å². The third-order valence-corrected chi connectivity index (χ3v) is 5.82. The van der Waals surface area contributed by atoms with Crippen LogP contribution < -0.4 is 0 Å². The second-order valence-electron chi connectivity index (χ2n) is 7.23. The highest BCUT2D eigenvalue weighted by atomic mass is 16.7. The lowest BCUT2D eigenvalue weighted by molar-refractivity contribution is -0.257. The predicted molar refractivity (Wildman–Crippen MR) is 66.6 cm³/mol. The number of rotatable bonds is 1. The van der Waals surface area contributed by atoms with Gasteiger partial charge < -0.3 is 18.9 Å². The predicted octanol–water partition coefficient (Wildman–Crippen LogP) is 1.86.